The lowest BCUT2D eigenvalue weighted by Gasteiger charge is -2.07. The van der Waals surface area contributed by atoms with Crippen LogP contribution in [0.25, 0.3) is 0 Å². The molecule has 0 unspecified atom stereocenters. The predicted molar refractivity (Wildman–Crippen MR) is 73.3 cm³/mol. The molecule has 0 amide bonds. The number of hydrogen-bond donors (Lipinski definition) is 1. The number of nitrogens with two attached hydrogens (primary N) is 1. The molecule has 0 spiro atoms. The summed E-state index contributed by atoms with van der Waals surface area (Å²) in [4.78, 5) is 11.6. The van der Waals surface area contributed by atoms with Crippen LogP contribution in [-0.2, 0) is 24.1 Å². The molecule has 0 fully saturated rings. The molecule has 2 aromatic rings. The van der Waals surface area contributed by atoms with Gasteiger partial charge in [-0.15, -0.1) is 10.2 Å². The fourth-order valence-electron chi connectivity index (χ4n) is 2.52. The first-order valence-electron chi connectivity index (χ1n) is 6.56. The maximum absolute atomic E-state index is 11.6. The third-order valence-electron chi connectivity index (χ3n) is 3.57. The molecule has 6 nitrogen and oxygen atoms in total. The van der Waals surface area contributed by atoms with Gasteiger partial charge >= 0.3 is 5.97 Å². The number of benzene rings is 1. The molecular weight excluding hydrogens is 256 g/mol. The second-order valence-electron chi connectivity index (χ2n) is 4.88. The highest BCUT2D eigenvalue weighted by atomic mass is 16.5. The van der Waals surface area contributed by atoms with Gasteiger partial charge in [0, 0.05) is 25.1 Å². The van der Waals surface area contributed by atoms with Gasteiger partial charge < -0.3 is 15.0 Å². The lowest BCUT2D eigenvalue weighted by atomic mass is 10.1. The first kappa shape index (κ1) is 12.7. The topological polar surface area (TPSA) is 83.0 Å². The summed E-state index contributed by atoms with van der Waals surface area (Å²) in [6.07, 6.45) is 2.74. The molecule has 104 valence electrons. The fourth-order valence-corrected chi connectivity index (χ4v) is 2.52. The molecule has 1 aliphatic rings. The lowest BCUT2D eigenvalue weighted by Crippen LogP contribution is -2.07. The second kappa shape index (κ2) is 4.96. The largest absolute Gasteiger partial charge is 0.465 e. The summed E-state index contributed by atoms with van der Waals surface area (Å²) in [5, 5.41) is 8.40. The van der Waals surface area contributed by atoms with Gasteiger partial charge in [0.25, 0.3) is 0 Å². The van der Waals surface area contributed by atoms with E-state index in [9.17, 15) is 4.79 Å². The van der Waals surface area contributed by atoms with E-state index < -0.39 is 5.97 Å². The van der Waals surface area contributed by atoms with Crippen molar-refractivity contribution in [3.63, 3.8) is 0 Å². The second-order valence-corrected chi connectivity index (χ2v) is 4.88. The average molecular weight is 272 g/mol. The van der Waals surface area contributed by atoms with Gasteiger partial charge in [-0.1, -0.05) is 6.07 Å². The zero-order chi connectivity index (χ0) is 14.1. The average Bonchev–Trinajstić information content (AvgIpc) is 3.05. The number of ether oxygens (including phenoxy) is 1. The number of nitrogens with zero attached hydrogens (tertiary/aromatic N) is 3. The smallest absolute Gasteiger partial charge is 0.339 e. The van der Waals surface area contributed by atoms with E-state index in [-0.39, 0.29) is 0 Å². The molecule has 3 rings (SSSR count). The maximum Gasteiger partial charge on any atom is 0.339 e. The van der Waals surface area contributed by atoms with Gasteiger partial charge in [-0.3, -0.25) is 0 Å². The molecule has 0 atom stereocenters. The normalized spacial score (nSPS) is 13.2. The van der Waals surface area contributed by atoms with Gasteiger partial charge in [0.1, 0.15) is 11.6 Å². The Kier molecular flexibility index (Phi) is 3.14. The Hall–Kier alpha value is -2.37. The standard InChI is InChI=1S/C14H16N4O2/c1-20-14(19)10-7-9(4-5-11(10)15)8-13-17-16-12-3-2-6-18(12)13/h4-5,7H,2-3,6,8,15H2,1H3. The number of carbonyl (C=O) groups is 1. The Morgan fingerprint density at radius 2 is 2.30 bits per heavy atom. The van der Waals surface area contributed by atoms with Crippen molar-refractivity contribution in [3.8, 4) is 0 Å². The van der Waals surface area contributed by atoms with Gasteiger partial charge in [0.2, 0.25) is 0 Å². The lowest BCUT2D eigenvalue weighted by molar-refractivity contribution is 0.0602. The van der Waals surface area contributed by atoms with E-state index in [1.54, 1.807) is 12.1 Å². The van der Waals surface area contributed by atoms with E-state index in [1.165, 1.54) is 7.11 Å². The molecule has 2 heterocycles. The molecule has 0 aliphatic carbocycles. The summed E-state index contributed by atoms with van der Waals surface area (Å²) in [5.74, 6) is 1.55. The van der Waals surface area contributed by atoms with E-state index in [4.69, 9.17) is 10.5 Å². The molecule has 0 saturated carbocycles. The van der Waals surface area contributed by atoms with Crippen LogP contribution in [0.3, 0.4) is 0 Å². The number of hydrogen-bond acceptors (Lipinski definition) is 5. The number of carbonyl (C=O) groups excluding carboxylic acids is 1. The van der Waals surface area contributed by atoms with Crippen molar-refractivity contribution in [1.82, 2.24) is 14.8 Å². The van der Waals surface area contributed by atoms with E-state index in [0.717, 1.165) is 36.6 Å². The minimum absolute atomic E-state index is 0.395. The van der Waals surface area contributed by atoms with Crippen LogP contribution in [0, 0.1) is 0 Å². The molecule has 0 radical (unpaired) electrons. The Balaban J connectivity index is 1.89. The van der Waals surface area contributed by atoms with Crippen LogP contribution in [0.4, 0.5) is 5.69 Å². The summed E-state index contributed by atoms with van der Waals surface area (Å²) in [5.41, 5.74) is 7.59. The Labute approximate surface area is 116 Å². The number of anilines is 1. The van der Waals surface area contributed by atoms with Crippen LogP contribution < -0.4 is 5.73 Å². The van der Waals surface area contributed by atoms with Crippen molar-refractivity contribution in [2.75, 3.05) is 12.8 Å². The summed E-state index contributed by atoms with van der Waals surface area (Å²) in [7, 11) is 1.35. The van der Waals surface area contributed by atoms with Gasteiger partial charge in [-0.2, -0.15) is 0 Å². The first-order valence-corrected chi connectivity index (χ1v) is 6.56. The van der Waals surface area contributed by atoms with Crippen molar-refractivity contribution < 1.29 is 9.53 Å². The number of rotatable bonds is 3. The SMILES string of the molecule is COC(=O)c1cc(Cc2nnc3n2CCC3)ccc1N. The van der Waals surface area contributed by atoms with Crippen LogP contribution in [0.1, 0.15) is 34.0 Å². The zero-order valence-electron chi connectivity index (χ0n) is 11.3. The van der Waals surface area contributed by atoms with E-state index in [1.807, 2.05) is 6.07 Å². The molecule has 0 saturated heterocycles. The highest BCUT2D eigenvalue weighted by Crippen LogP contribution is 2.20. The number of esters is 1. The minimum atomic E-state index is -0.421. The summed E-state index contributed by atoms with van der Waals surface area (Å²) >= 11 is 0. The van der Waals surface area contributed by atoms with Crippen LogP contribution >= 0.6 is 0 Å². The third kappa shape index (κ3) is 2.13. The number of methoxy groups -OCH3 is 1. The number of nitrogen functional groups attached to an aromatic ring is 1. The van der Waals surface area contributed by atoms with Crippen molar-refractivity contribution in [2.45, 2.75) is 25.8 Å². The molecule has 1 aromatic carbocycles. The van der Waals surface area contributed by atoms with E-state index in [0.29, 0.717) is 17.7 Å². The summed E-state index contributed by atoms with van der Waals surface area (Å²) < 4.78 is 6.88. The highest BCUT2D eigenvalue weighted by Gasteiger charge is 2.18. The number of aromatic nitrogens is 3. The molecule has 2 N–H and O–H groups in total. The first-order chi connectivity index (χ1) is 9.69. The van der Waals surface area contributed by atoms with Crippen LogP contribution in [0.5, 0.6) is 0 Å². The van der Waals surface area contributed by atoms with Crippen LogP contribution in [0.15, 0.2) is 18.2 Å². The van der Waals surface area contributed by atoms with Crippen molar-refractivity contribution in [2.24, 2.45) is 0 Å². The maximum atomic E-state index is 11.6. The highest BCUT2D eigenvalue weighted by molar-refractivity contribution is 5.95. The monoisotopic (exact) mass is 272 g/mol. The van der Waals surface area contributed by atoms with Crippen molar-refractivity contribution in [1.29, 1.82) is 0 Å². The Morgan fingerprint density at radius 3 is 3.10 bits per heavy atom. The van der Waals surface area contributed by atoms with Crippen LogP contribution in [-0.4, -0.2) is 27.8 Å². The van der Waals surface area contributed by atoms with Gasteiger partial charge in [0.05, 0.1) is 12.7 Å². The van der Waals surface area contributed by atoms with E-state index >= 15 is 0 Å². The van der Waals surface area contributed by atoms with E-state index in [2.05, 4.69) is 14.8 Å². The molecule has 1 aliphatic heterocycles. The van der Waals surface area contributed by atoms with Gasteiger partial charge in [-0.25, -0.2) is 4.79 Å². The molecule has 20 heavy (non-hydrogen) atoms. The number of fused-ring (bicyclic) bond motifs is 1. The van der Waals surface area contributed by atoms with Crippen molar-refractivity contribution >= 4 is 11.7 Å². The molecule has 1 aromatic heterocycles. The fraction of sp³-hybridized carbons (Fsp3) is 0.357. The predicted octanol–water partition coefficient (Wildman–Crippen LogP) is 1.18. The zero-order valence-corrected chi connectivity index (χ0v) is 11.3. The van der Waals surface area contributed by atoms with Crippen LogP contribution in [0.2, 0.25) is 0 Å². The van der Waals surface area contributed by atoms with Gasteiger partial charge in [0.15, 0.2) is 0 Å². The molecule has 6 heteroatoms. The minimum Gasteiger partial charge on any atom is -0.465 e. The Bertz CT molecular complexity index is 663. The molecule has 0 bridgehead atoms. The third-order valence-corrected chi connectivity index (χ3v) is 3.57. The summed E-state index contributed by atoms with van der Waals surface area (Å²) in [6.45, 7) is 0.969. The number of aryl methyl sites for hydroxylation is 1. The van der Waals surface area contributed by atoms with Crippen molar-refractivity contribution in [3.05, 3.63) is 41.0 Å². The molecular formula is C14H16N4O2. The quantitative estimate of drug-likeness (QED) is 0.670. The Morgan fingerprint density at radius 1 is 1.45 bits per heavy atom. The summed E-state index contributed by atoms with van der Waals surface area (Å²) in [6, 6.07) is 5.39. The van der Waals surface area contributed by atoms with Gasteiger partial charge in [-0.05, 0) is 24.1 Å².